The first-order valence-corrected chi connectivity index (χ1v) is 5.58. The van der Waals surface area contributed by atoms with E-state index in [9.17, 15) is 4.79 Å². The maximum absolute atomic E-state index is 11.9. The van der Waals surface area contributed by atoms with E-state index in [4.69, 9.17) is 0 Å². The van der Waals surface area contributed by atoms with Gasteiger partial charge in [-0.2, -0.15) is 0 Å². The maximum Gasteiger partial charge on any atom is 0.238 e. The molecule has 1 aliphatic heterocycles. The lowest BCUT2D eigenvalue weighted by molar-refractivity contribution is -0.133. The van der Waals surface area contributed by atoms with Crippen molar-refractivity contribution in [2.45, 2.75) is 45.3 Å². The molecular weight excluding hydrogens is 190 g/mol. The molecule has 0 aromatic rings. The Bertz CT molecular complexity index is 234. The molecule has 0 spiro atoms. The molecule has 1 heterocycles. The van der Waals surface area contributed by atoms with Gasteiger partial charge in [-0.25, -0.2) is 0 Å². The number of nitrogens with zero attached hydrogens (tertiary/aromatic N) is 1. The quantitative estimate of drug-likeness (QED) is 0.688. The standard InChI is InChI=1S/C11H23N3O/c1-8-7-14(11(2,3)4)9(6-12-5)10(15)13-8/h8-9,12H,6-7H2,1-5H3,(H,13,15). The first kappa shape index (κ1) is 12.5. The van der Waals surface area contributed by atoms with Gasteiger partial charge in [0.05, 0.1) is 0 Å². The summed E-state index contributed by atoms with van der Waals surface area (Å²) in [7, 11) is 1.88. The second kappa shape index (κ2) is 4.49. The highest BCUT2D eigenvalue weighted by Gasteiger charge is 2.37. The molecule has 0 saturated carbocycles. The van der Waals surface area contributed by atoms with Crippen molar-refractivity contribution in [3.8, 4) is 0 Å². The largest absolute Gasteiger partial charge is 0.351 e. The van der Waals surface area contributed by atoms with Crippen molar-refractivity contribution in [3.63, 3.8) is 0 Å². The lowest BCUT2D eigenvalue weighted by atomic mass is 9.98. The Hall–Kier alpha value is -0.610. The Labute approximate surface area is 92.4 Å². The number of nitrogens with one attached hydrogen (secondary N) is 2. The van der Waals surface area contributed by atoms with Gasteiger partial charge in [-0.15, -0.1) is 0 Å². The van der Waals surface area contributed by atoms with Gasteiger partial charge in [-0.3, -0.25) is 9.69 Å². The molecule has 1 saturated heterocycles. The second-order valence-electron chi connectivity index (χ2n) is 5.31. The van der Waals surface area contributed by atoms with E-state index in [2.05, 4.69) is 36.3 Å². The van der Waals surface area contributed by atoms with E-state index in [1.165, 1.54) is 0 Å². The van der Waals surface area contributed by atoms with Gasteiger partial charge in [0.2, 0.25) is 5.91 Å². The fourth-order valence-corrected chi connectivity index (χ4v) is 2.09. The first-order chi connectivity index (χ1) is 6.86. The van der Waals surface area contributed by atoms with Crippen LogP contribution in [0.1, 0.15) is 27.7 Å². The average molecular weight is 213 g/mol. The van der Waals surface area contributed by atoms with Crippen molar-refractivity contribution >= 4 is 5.91 Å². The molecule has 0 radical (unpaired) electrons. The third-order valence-corrected chi connectivity index (χ3v) is 2.80. The lowest BCUT2D eigenvalue weighted by Crippen LogP contribution is -2.66. The second-order valence-corrected chi connectivity index (χ2v) is 5.31. The van der Waals surface area contributed by atoms with Gasteiger partial charge in [0.15, 0.2) is 0 Å². The van der Waals surface area contributed by atoms with Gasteiger partial charge in [-0.05, 0) is 34.7 Å². The van der Waals surface area contributed by atoms with Crippen molar-refractivity contribution in [1.29, 1.82) is 0 Å². The van der Waals surface area contributed by atoms with Crippen LogP contribution in [0.5, 0.6) is 0 Å². The van der Waals surface area contributed by atoms with Crippen molar-refractivity contribution in [2.24, 2.45) is 0 Å². The van der Waals surface area contributed by atoms with Gasteiger partial charge in [0, 0.05) is 24.7 Å². The normalized spacial score (nSPS) is 29.0. The third-order valence-electron chi connectivity index (χ3n) is 2.80. The lowest BCUT2D eigenvalue weighted by Gasteiger charge is -2.45. The Morgan fingerprint density at radius 3 is 2.60 bits per heavy atom. The predicted octanol–water partition coefficient (Wildman–Crippen LogP) is 0.193. The van der Waals surface area contributed by atoms with Gasteiger partial charge < -0.3 is 10.6 Å². The van der Waals surface area contributed by atoms with Crippen LogP contribution < -0.4 is 10.6 Å². The molecule has 2 unspecified atom stereocenters. The zero-order chi connectivity index (χ0) is 11.6. The van der Waals surface area contributed by atoms with Gasteiger partial charge in [0.1, 0.15) is 6.04 Å². The van der Waals surface area contributed by atoms with E-state index in [1.807, 2.05) is 14.0 Å². The minimum Gasteiger partial charge on any atom is -0.351 e. The fraction of sp³-hybridized carbons (Fsp3) is 0.909. The zero-order valence-corrected chi connectivity index (χ0v) is 10.4. The molecule has 0 aromatic carbocycles. The molecular formula is C11H23N3O. The van der Waals surface area contributed by atoms with E-state index < -0.39 is 0 Å². The molecule has 88 valence electrons. The molecule has 15 heavy (non-hydrogen) atoms. The topological polar surface area (TPSA) is 44.4 Å². The molecule has 1 fully saturated rings. The Morgan fingerprint density at radius 1 is 1.53 bits per heavy atom. The summed E-state index contributed by atoms with van der Waals surface area (Å²) < 4.78 is 0. The van der Waals surface area contributed by atoms with E-state index in [-0.39, 0.29) is 23.5 Å². The third kappa shape index (κ3) is 2.92. The van der Waals surface area contributed by atoms with Gasteiger partial charge in [-0.1, -0.05) is 0 Å². The number of hydrogen-bond acceptors (Lipinski definition) is 3. The van der Waals surface area contributed by atoms with Crippen LogP contribution in [0.25, 0.3) is 0 Å². The van der Waals surface area contributed by atoms with E-state index in [0.29, 0.717) is 6.54 Å². The minimum atomic E-state index is -0.0498. The zero-order valence-electron chi connectivity index (χ0n) is 10.4. The molecule has 0 aromatic heterocycles. The van der Waals surface area contributed by atoms with E-state index in [1.54, 1.807) is 0 Å². The summed E-state index contributed by atoms with van der Waals surface area (Å²) in [6.45, 7) is 10.1. The highest BCUT2D eigenvalue weighted by atomic mass is 16.2. The smallest absolute Gasteiger partial charge is 0.238 e. The SMILES string of the molecule is CNCC1C(=O)NC(C)CN1C(C)(C)C. The summed E-state index contributed by atoms with van der Waals surface area (Å²) in [4.78, 5) is 14.1. The highest BCUT2D eigenvalue weighted by Crippen LogP contribution is 2.20. The maximum atomic E-state index is 11.9. The summed E-state index contributed by atoms with van der Waals surface area (Å²) in [5.41, 5.74) is 0.0353. The van der Waals surface area contributed by atoms with Crippen LogP contribution in [0.15, 0.2) is 0 Å². The van der Waals surface area contributed by atoms with Crippen LogP contribution in [-0.2, 0) is 4.79 Å². The highest BCUT2D eigenvalue weighted by molar-refractivity contribution is 5.83. The number of hydrogen-bond donors (Lipinski definition) is 2. The summed E-state index contributed by atoms with van der Waals surface area (Å²) in [5, 5.41) is 6.08. The summed E-state index contributed by atoms with van der Waals surface area (Å²) in [5.74, 6) is 0.137. The molecule has 1 amide bonds. The molecule has 4 nitrogen and oxygen atoms in total. The average Bonchev–Trinajstić information content (AvgIpc) is 2.07. The van der Waals surface area contributed by atoms with Crippen molar-refractivity contribution in [3.05, 3.63) is 0 Å². The van der Waals surface area contributed by atoms with Crippen LogP contribution in [0.4, 0.5) is 0 Å². The fourth-order valence-electron chi connectivity index (χ4n) is 2.09. The van der Waals surface area contributed by atoms with Gasteiger partial charge in [0.25, 0.3) is 0 Å². The number of carbonyl (C=O) groups excluding carboxylic acids is 1. The molecule has 1 rings (SSSR count). The van der Waals surface area contributed by atoms with Crippen molar-refractivity contribution < 1.29 is 4.79 Å². The van der Waals surface area contributed by atoms with Gasteiger partial charge >= 0.3 is 0 Å². The number of likely N-dealkylation sites (N-methyl/N-ethyl adjacent to an activating group) is 1. The Morgan fingerprint density at radius 2 is 2.13 bits per heavy atom. The Balaban J connectivity index is 2.82. The van der Waals surface area contributed by atoms with Crippen LogP contribution in [0, 0.1) is 0 Å². The monoisotopic (exact) mass is 213 g/mol. The molecule has 4 heteroatoms. The molecule has 2 N–H and O–H groups in total. The molecule has 2 atom stereocenters. The molecule has 0 bridgehead atoms. The molecule has 1 aliphatic rings. The van der Waals surface area contributed by atoms with Crippen molar-refractivity contribution in [2.75, 3.05) is 20.1 Å². The Kier molecular flexibility index (Phi) is 3.73. The van der Waals surface area contributed by atoms with Crippen LogP contribution in [0.2, 0.25) is 0 Å². The summed E-state index contributed by atoms with van der Waals surface area (Å²) >= 11 is 0. The number of piperazine rings is 1. The summed E-state index contributed by atoms with van der Waals surface area (Å²) in [6.07, 6.45) is 0. The number of amides is 1. The van der Waals surface area contributed by atoms with Crippen LogP contribution in [-0.4, -0.2) is 48.6 Å². The van der Waals surface area contributed by atoms with Crippen LogP contribution >= 0.6 is 0 Å². The van der Waals surface area contributed by atoms with E-state index >= 15 is 0 Å². The minimum absolute atomic E-state index is 0.0353. The van der Waals surface area contributed by atoms with Crippen molar-refractivity contribution in [1.82, 2.24) is 15.5 Å². The van der Waals surface area contributed by atoms with E-state index in [0.717, 1.165) is 6.54 Å². The van der Waals surface area contributed by atoms with Crippen LogP contribution in [0.3, 0.4) is 0 Å². The number of rotatable bonds is 2. The predicted molar refractivity (Wildman–Crippen MR) is 61.8 cm³/mol. The summed E-state index contributed by atoms with van der Waals surface area (Å²) in [6, 6.07) is 0.191. The molecule has 0 aliphatic carbocycles. The number of carbonyl (C=O) groups is 1. The first-order valence-electron chi connectivity index (χ1n) is 5.58.